The molecule has 1 N–H and O–H groups in total. The van der Waals surface area contributed by atoms with Gasteiger partial charge in [-0.15, -0.1) is 0 Å². The molecule has 4 aromatic rings. The Morgan fingerprint density at radius 1 is 0.929 bits per heavy atom. The molecule has 0 bridgehead atoms. The van der Waals surface area contributed by atoms with Crippen LogP contribution in [0.25, 0.3) is 0 Å². The number of rotatable bonds is 7. The SMILES string of the molecule is CC1=NC(c2ccccc2)(c2ccc(Cl)cc2)C(NC(=O)c2cnccn2)=C1CN1CCN(c2ccc(F)cc2)CC1. The zero-order valence-corrected chi connectivity index (χ0v) is 23.9. The highest BCUT2D eigenvalue weighted by molar-refractivity contribution is 6.30. The summed E-state index contributed by atoms with van der Waals surface area (Å²) in [6, 6.07) is 24.2. The minimum atomic E-state index is -0.987. The summed E-state index contributed by atoms with van der Waals surface area (Å²) in [6.45, 7) is 5.82. The molecule has 9 heteroatoms. The summed E-state index contributed by atoms with van der Waals surface area (Å²) >= 11 is 6.30. The standard InChI is InChI=1S/C33H30ClFN6O/c1-23-29(22-40-17-19-41(20-18-40)28-13-11-27(35)12-14-28)31(38-32(42)30-21-36-15-16-37-30)33(39-23,24-5-3-2-4-6-24)25-7-9-26(34)10-8-25/h2-16,21H,17-20,22H2,1H3,(H,38,42). The van der Waals surface area contributed by atoms with Crippen molar-refractivity contribution in [1.29, 1.82) is 0 Å². The number of piperazine rings is 1. The lowest BCUT2D eigenvalue weighted by Gasteiger charge is -2.37. The van der Waals surface area contributed by atoms with Gasteiger partial charge in [0, 0.05) is 67.1 Å². The Labute approximate surface area is 249 Å². The van der Waals surface area contributed by atoms with Crippen molar-refractivity contribution in [3.63, 3.8) is 0 Å². The van der Waals surface area contributed by atoms with E-state index in [0.29, 0.717) is 17.3 Å². The first-order valence-corrected chi connectivity index (χ1v) is 14.2. The van der Waals surface area contributed by atoms with Crippen LogP contribution in [0.1, 0.15) is 28.5 Å². The molecule has 0 radical (unpaired) electrons. The van der Waals surface area contributed by atoms with Crippen molar-refractivity contribution in [3.05, 3.63) is 136 Å². The van der Waals surface area contributed by atoms with E-state index in [4.69, 9.17) is 16.6 Å². The van der Waals surface area contributed by atoms with Crippen LogP contribution in [0.5, 0.6) is 0 Å². The maximum atomic E-state index is 13.6. The summed E-state index contributed by atoms with van der Waals surface area (Å²) in [7, 11) is 0. The molecular weight excluding hydrogens is 551 g/mol. The van der Waals surface area contributed by atoms with E-state index in [-0.39, 0.29) is 17.4 Å². The Kier molecular flexibility index (Phi) is 7.82. The fraction of sp³-hybridized carbons (Fsp3) is 0.212. The molecule has 7 nitrogen and oxygen atoms in total. The first-order valence-electron chi connectivity index (χ1n) is 13.9. The number of aromatic nitrogens is 2. The summed E-state index contributed by atoms with van der Waals surface area (Å²) < 4.78 is 13.5. The van der Waals surface area contributed by atoms with Gasteiger partial charge >= 0.3 is 0 Å². The van der Waals surface area contributed by atoms with Gasteiger partial charge in [-0.25, -0.2) is 9.37 Å². The number of hydrogen-bond donors (Lipinski definition) is 1. The van der Waals surface area contributed by atoms with Gasteiger partial charge in [-0.3, -0.25) is 19.7 Å². The molecule has 3 heterocycles. The number of anilines is 1. The normalized spacial score (nSPS) is 19.1. The van der Waals surface area contributed by atoms with Gasteiger partial charge in [-0.05, 0) is 54.4 Å². The first kappa shape index (κ1) is 27.8. The average molecular weight is 581 g/mol. The third kappa shape index (κ3) is 5.43. The van der Waals surface area contributed by atoms with Crippen LogP contribution in [0.4, 0.5) is 10.1 Å². The van der Waals surface area contributed by atoms with Crippen LogP contribution in [-0.2, 0) is 5.54 Å². The number of amides is 1. The Morgan fingerprint density at radius 3 is 2.29 bits per heavy atom. The number of carbonyl (C=O) groups excluding carboxylic acids is 1. The number of carbonyl (C=O) groups is 1. The van der Waals surface area contributed by atoms with Gasteiger partial charge < -0.3 is 10.2 Å². The van der Waals surface area contributed by atoms with E-state index in [1.54, 1.807) is 0 Å². The van der Waals surface area contributed by atoms with E-state index < -0.39 is 5.54 Å². The van der Waals surface area contributed by atoms with Gasteiger partial charge in [-0.2, -0.15) is 0 Å². The van der Waals surface area contributed by atoms with Crippen LogP contribution in [0.15, 0.2) is 114 Å². The molecule has 0 aliphatic carbocycles. The third-order valence-corrected chi connectivity index (χ3v) is 8.12. The highest BCUT2D eigenvalue weighted by Gasteiger charge is 2.45. The van der Waals surface area contributed by atoms with Crippen molar-refractivity contribution < 1.29 is 9.18 Å². The predicted molar refractivity (Wildman–Crippen MR) is 163 cm³/mol. The molecule has 1 aromatic heterocycles. The second kappa shape index (κ2) is 11.8. The van der Waals surface area contributed by atoms with Gasteiger partial charge in [0.2, 0.25) is 0 Å². The van der Waals surface area contributed by atoms with Crippen LogP contribution in [0.2, 0.25) is 5.02 Å². The predicted octanol–water partition coefficient (Wildman–Crippen LogP) is 5.49. The van der Waals surface area contributed by atoms with E-state index in [1.165, 1.54) is 30.7 Å². The number of aliphatic imine (C=N–C) groups is 1. The number of nitrogens with one attached hydrogen (secondary N) is 1. The maximum absolute atomic E-state index is 13.6. The molecule has 1 atom stereocenters. The van der Waals surface area contributed by atoms with Crippen molar-refractivity contribution in [2.45, 2.75) is 12.5 Å². The fourth-order valence-corrected chi connectivity index (χ4v) is 5.85. The van der Waals surface area contributed by atoms with Gasteiger partial charge in [0.25, 0.3) is 5.91 Å². The lowest BCUT2D eigenvalue weighted by Crippen LogP contribution is -2.47. The summed E-state index contributed by atoms with van der Waals surface area (Å²) in [5, 5.41) is 3.85. The van der Waals surface area contributed by atoms with E-state index >= 15 is 0 Å². The van der Waals surface area contributed by atoms with Crippen molar-refractivity contribution in [2.24, 2.45) is 4.99 Å². The lowest BCUT2D eigenvalue weighted by atomic mass is 9.80. The average Bonchev–Trinajstić information content (AvgIpc) is 3.30. The van der Waals surface area contributed by atoms with Crippen LogP contribution >= 0.6 is 11.6 Å². The Balaban J connectivity index is 1.39. The quantitative estimate of drug-likeness (QED) is 0.313. The molecule has 6 rings (SSSR count). The molecule has 2 aliphatic rings. The highest BCUT2D eigenvalue weighted by Crippen LogP contribution is 2.45. The van der Waals surface area contributed by atoms with E-state index in [9.17, 15) is 9.18 Å². The molecule has 212 valence electrons. The monoisotopic (exact) mass is 580 g/mol. The summed E-state index contributed by atoms with van der Waals surface area (Å²) in [6.07, 6.45) is 4.50. The number of hydrogen-bond acceptors (Lipinski definition) is 6. The van der Waals surface area contributed by atoms with Gasteiger partial charge in [0.05, 0.1) is 11.9 Å². The summed E-state index contributed by atoms with van der Waals surface area (Å²) in [5.41, 5.74) is 4.58. The second-order valence-electron chi connectivity index (χ2n) is 10.4. The van der Waals surface area contributed by atoms with Gasteiger partial charge in [0.15, 0.2) is 5.54 Å². The zero-order valence-electron chi connectivity index (χ0n) is 23.2. The molecule has 2 aliphatic heterocycles. The van der Waals surface area contributed by atoms with Gasteiger partial charge in [-0.1, -0.05) is 54.1 Å². The van der Waals surface area contributed by atoms with Crippen LogP contribution in [0, 0.1) is 5.82 Å². The Morgan fingerprint density at radius 2 is 1.62 bits per heavy atom. The van der Waals surface area contributed by atoms with Gasteiger partial charge in [0.1, 0.15) is 11.5 Å². The first-order chi connectivity index (χ1) is 20.4. The summed E-state index contributed by atoms with van der Waals surface area (Å²) in [4.78, 5) is 31.9. The molecular formula is C33H30ClFN6O. The topological polar surface area (TPSA) is 73.7 Å². The Hall–Kier alpha value is -4.40. The minimum Gasteiger partial charge on any atom is -0.369 e. The van der Waals surface area contributed by atoms with Crippen LogP contribution in [-0.4, -0.2) is 59.2 Å². The van der Waals surface area contributed by atoms with E-state index in [1.807, 2.05) is 73.7 Å². The van der Waals surface area contributed by atoms with Crippen molar-refractivity contribution in [3.8, 4) is 0 Å². The number of benzene rings is 3. The largest absolute Gasteiger partial charge is 0.369 e. The molecule has 1 fully saturated rings. The molecule has 1 amide bonds. The van der Waals surface area contributed by atoms with Crippen molar-refractivity contribution >= 4 is 28.9 Å². The maximum Gasteiger partial charge on any atom is 0.275 e. The Bertz CT molecular complexity index is 1620. The minimum absolute atomic E-state index is 0.222. The van der Waals surface area contributed by atoms with E-state index in [0.717, 1.165) is 54.3 Å². The molecule has 3 aromatic carbocycles. The second-order valence-corrected chi connectivity index (χ2v) is 10.9. The molecule has 42 heavy (non-hydrogen) atoms. The van der Waals surface area contributed by atoms with Crippen molar-refractivity contribution in [1.82, 2.24) is 20.2 Å². The molecule has 0 spiro atoms. The van der Waals surface area contributed by atoms with Crippen LogP contribution in [0.3, 0.4) is 0 Å². The third-order valence-electron chi connectivity index (χ3n) is 7.87. The summed E-state index contributed by atoms with van der Waals surface area (Å²) in [5.74, 6) is -0.588. The van der Waals surface area contributed by atoms with Crippen LogP contribution < -0.4 is 10.2 Å². The zero-order chi connectivity index (χ0) is 29.1. The highest BCUT2D eigenvalue weighted by atomic mass is 35.5. The number of halogens is 2. The van der Waals surface area contributed by atoms with E-state index in [2.05, 4.69) is 25.1 Å². The lowest BCUT2D eigenvalue weighted by molar-refractivity contribution is 0.0955. The molecule has 1 unspecified atom stereocenters. The smallest absolute Gasteiger partial charge is 0.275 e. The fourth-order valence-electron chi connectivity index (χ4n) is 5.72. The molecule has 0 saturated carbocycles. The number of nitrogens with zero attached hydrogens (tertiary/aromatic N) is 5. The molecule has 1 saturated heterocycles. The van der Waals surface area contributed by atoms with Crippen molar-refractivity contribution in [2.75, 3.05) is 37.6 Å².